The third-order valence-electron chi connectivity index (χ3n) is 4.43. The van der Waals surface area contributed by atoms with Gasteiger partial charge in [-0.25, -0.2) is 0 Å². The SMILES string of the molecule is CC(C)c1cc([Si](C)(C)C)cnc1-c1ccc2ccccc2c1. The molecule has 0 fully saturated rings. The molecule has 0 saturated heterocycles. The summed E-state index contributed by atoms with van der Waals surface area (Å²) in [7, 11) is -1.34. The second-order valence-electron chi connectivity index (χ2n) is 7.63. The van der Waals surface area contributed by atoms with Crippen molar-refractivity contribution in [1.29, 1.82) is 0 Å². The Kier molecular flexibility index (Phi) is 4.11. The molecular weight excluding hydrogens is 294 g/mol. The van der Waals surface area contributed by atoms with Crippen molar-refractivity contribution >= 4 is 24.0 Å². The van der Waals surface area contributed by atoms with Crippen LogP contribution >= 0.6 is 0 Å². The van der Waals surface area contributed by atoms with E-state index in [4.69, 9.17) is 4.98 Å². The van der Waals surface area contributed by atoms with E-state index in [-0.39, 0.29) is 0 Å². The Balaban J connectivity index is 2.17. The summed E-state index contributed by atoms with van der Waals surface area (Å²) in [6.45, 7) is 11.7. The minimum Gasteiger partial charge on any atom is -0.256 e. The quantitative estimate of drug-likeness (QED) is 0.575. The molecule has 0 N–H and O–H groups in total. The highest BCUT2D eigenvalue weighted by Crippen LogP contribution is 2.29. The predicted octanol–water partition coefficient (Wildman–Crippen LogP) is 5.57. The van der Waals surface area contributed by atoms with Crippen molar-refractivity contribution in [3.05, 3.63) is 60.3 Å². The van der Waals surface area contributed by atoms with Crippen molar-refractivity contribution < 1.29 is 0 Å². The Bertz CT molecular complexity index is 844. The second-order valence-corrected chi connectivity index (χ2v) is 12.7. The van der Waals surface area contributed by atoms with E-state index in [9.17, 15) is 0 Å². The molecule has 0 saturated carbocycles. The number of rotatable bonds is 3. The maximum Gasteiger partial charge on any atom is 0.0796 e. The van der Waals surface area contributed by atoms with Gasteiger partial charge in [0, 0.05) is 11.8 Å². The fourth-order valence-corrected chi connectivity index (χ4v) is 3.95. The summed E-state index contributed by atoms with van der Waals surface area (Å²) in [4.78, 5) is 4.88. The van der Waals surface area contributed by atoms with Crippen LogP contribution in [0, 0.1) is 0 Å². The Morgan fingerprint density at radius 2 is 1.57 bits per heavy atom. The lowest BCUT2D eigenvalue weighted by Gasteiger charge is -2.20. The average Bonchev–Trinajstić information content (AvgIpc) is 2.53. The van der Waals surface area contributed by atoms with Crippen molar-refractivity contribution in [2.24, 2.45) is 0 Å². The molecule has 0 bridgehead atoms. The van der Waals surface area contributed by atoms with Gasteiger partial charge in [0.05, 0.1) is 13.8 Å². The monoisotopic (exact) mass is 319 g/mol. The number of hydrogen-bond acceptors (Lipinski definition) is 1. The van der Waals surface area contributed by atoms with E-state index in [1.165, 1.54) is 27.1 Å². The minimum absolute atomic E-state index is 0.472. The largest absolute Gasteiger partial charge is 0.256 e. The summed E-state index contributed by atoms with van der Waals surface area (Å²) in [5, 5.41) is 3.99. The Hall–Kier alpha value is -1.93. The van der Waals surface area contributed by atoms with Gasteiger partial charge in [0.1, 0.15) is 0 Å². The molecule has 118 valence electrons. The highest BCUT2D eigenvalue weighted by Gasteiger charge is 2.20. The molecule has 0 unspecified atom stereocenters. The molecule has 0 aliphatic carbocycles. The lowest BCUT2D eigenvalue weighted by atomic mass is 9.96. The summed E-state index contributed by atoms with van der Waals surface area (Å²) in [5.41, 5.74) is 3.71. The van der Waals surface area contributed by atoms with E-state index in [2.05, 4.69) is 88.2 Å². The van der Waals surface area contributed by atoms with Crippen molar-refractivity contribution in [2.75, 3.05) is 0 Å². The minimum atomic E-state index is -1.34. The number of fused-ring (bicyclic) bond motifs is 1. The Labute approximate surface area is 140 Å². The first-order valence-electron chi connectivity index (χ1n) is 8.36. The van der Waals surface area contributed by atoms with Crippen LogP contribution in [0.3, 0.4) is 0 Å². The van der Waals surface area contributed by atoms with E-state index in [1.54, 1.807) is 0 Å². The lowest BCUT2D eigenvalue weighted by Crippen LogP contribution is -2.38. The maximum atomic E-state index is 4.88. The van der Waals surface area contributed by atoms with Crippen LogP contribution in [0.2, 0.25) is 19.6 Å². The van der Waals surface area contributed by atoms with Crippen LogP contribution in [-0.2, 0) is 0 Å². The van der Waals surface area contributed by atoms with Crippen LogP contribution in [0.5, 0.6) is 0 Å². The highest BCUT2D eigenvalue weighted by atomic mass is 28.3. The fourth-order valence-electron chi connectivity index (χ4n) is 2.91. The summed E-state index contributed by atoms with van der Waals surface area (Å²) in [6.07, 6.45) is 2.10. The molecule has 3 rings (SSSR count). The van der Waals surface area contributed by atoms with Crippen LogP contribution in [0.1, 0.15) is 25.3 Å². The zero-order chi connectivity index (χ0) is 16.6. The van der Waals surface area contributed by atoms with E-state index in [0.29, 0.717) is 5.92 Å². The zero-order valence-electron chi connectivity index (χ0n) is 14.7. The molecule has 23 heavy (non-hydrogen) atoms. The number of pyridine rings is 1. The Morgan fingerprint density at radius 3 is 2.22 bits per heavy atom. The van der Waals surface area contributed by atoms with E-state index in [1.807, 2.05) is 0 Å². The third-order valence-corrected chi connectivity index (χ3v) is 6.43. The molecule has 1 aromatic heterocycles. The average molecular weight is 320 g/mol. The van der Waals surface area contributed by atoms with Crippen molar-refractivity contribution in [2.45, 2.75) is 39.4 Å². The summed E-state index contributed by atoms with van der Waals surface area (Å²) in [6, 6.07) is 17.6. The molecule has 1 heterocycles. The summed E-state index contributed by atoms with van der Waals surface area (Å²) in [5.74, 6) is 0.472. The number of benzene rings is 2. The van der Waals surface area contributed by atoms with Crippen LogP contribution in [0.25, 0.3) is 22.0 Å². The molecule has 0 spiro atoms. The van der Waals surface area contributed by atoms with Crippen LogP contribution < -0.4 is 5.19 Å². The molecule has 0 amide bonds. The van der Waals surface area contributed by atoms with E-state index < -0.39 is 8.07 Å². The van der Waals surface area contributed by atoms with Gasteiger partial charge in [0.2, 0.25) is 0 Å². The lowest BCUT2D eigenvalue weighted by molar-refractivity contribution is 0.863. The molecule has 0 aliphatic heterocycles. The molecule has 0 radical (unpaired) electrons. The second kappa shape index (κ2) is 5.93. The first-order valence-corrected chi connectivity index (χ1v) is 11.9. The van der Waals surface area contributed by atoms with Gasteiger partial charge < -0.3 is 0 Å². The third kappa shape index (κ3) is 3.23. The van der Waals surface area contributed by atoms with Crippen LogP contribution in [-0.4, -0.2) is 13.1 Å². The van der Waals surface area contributed by atoms with Crippen LogP contribution in [0.4, 0.5) is 0 Å². The highest BCUT2D eigenvalue weighted by molar-refractivity contribution is 6.88. The molecule has 2 aromatic carbocycles. The van der Waals surface area contributed by atoms with Crippen LogP contribution in [0.15, 0.2) is 54.7 Å². The molecule has 0 atom stereocenters. The molecule has 1 nitrogen and oxygen atoms in total. The summed E-state index contributed by atoms with van der Waals surface area (Å²) >= 11 is 0. The van der Waals surface area contributed by atoms with Crippen molar-refractivity contribution in [3.63, 3.8) is 0 Å². The van der Waals surface area contributed by atoms with Gasteiger partial charge in [0.25, 0.3) is 0 Å². The zero-order valence-corrected chi connectivity index (χ0v) is 15.7. The molecular formula is C21H25NSi. The first kappa shape index (κ1) is 15.9. The smallest absolute Gasteiger partial charge is 0.0796 e. The number of nitrogens with zero attached hydrogens (tertiary/aromatic N) is 1. The van der Waals surface area contributed by atoms with Gasteiger partial charge in [0.15, 0.2) is 0 Å². The fraction of sp³-hybridized carbons (Fsp3) is 0.286. The van der Waals surface area contributed by atoms with Gasteiger partial charge in [-0.15, -0.1) is 0 Å². The van der Waals surface area contributed by atoms with Crippen molar-refractivity contribution in [3.8, 4) is 11.3 Å². The van der Waals surface area contributed by atoms with E-state index in [0.717, 1.165) is 5.69 Å². The number of aromatic nitrogens is 1. The Morgan fingerprint density at radius 1 is 0.870 bits per heavy atom. The number of hydrogen-bond donors (Lipinski definition) is 0. The molecule has 0 aliphatic rings. The maximum absolute atomic E-state index is 4.88. The van der Waals surface area contributed by atoms with Gasteiger partial charge in [-0.05, 0) is 33.5 Å². The first-order chi connectivity index (χ1) is 10.9. The van der Waals surface area contributed by atoms with Gasteiger partial charge in [-0.2, -0.15) is 0 Å². The summed E-state index contributed by atoms with van der Waals surface area (Å²) < 4.78 is 0. The predicted molar refractivity (Wildman–Crippen MR) is 104 cm³/mol. The normalized spacial score (nSPS) is 12.1. The van der Waals surface area contributed by atoms with E-state index >= 15 is 0 Å². The molecule has 2 heteroatoms. The topological polar surface area (TPSA) is 12.9 Å². The molecule has 3 aromatic rings. The standard InChI is InChI=1S/C21H25NSi/c1-15(2)20-13-19(23(3,4)5)14-22-21(20)18-11-10-16-8-6-7-9-17(16)12-18/h6-15H,1-5H3. The van der Waals surface area contributed by atoms with Gasteiger partial charge in [-0.3, -0.25) is 4.98 Å². The van der Waals surface area contributed by atoms with Crippen molar-refractivity contribution in [1.82, 2.24) is 4.98 Å². The van der Waals surface area contributed by atoms with Gasteiger partial charge in [-0.1, -0.05) is 76.0 Å². The van der Waals surface area contributed by atoms with Gasteiger partial charge >= 0.3 is 0 Å².